The molecule has 0 aliphatic carbocycles. The van der Waals surface area contributed by atoms with Gasteiger partial charge in [0.2, 0.25) is 0 Å². The number of non-ortho nitro benzene ring substituents is 1. The van der Waals surface area contributed by atoms with Crippen LogP contribution in [-0.4, -0.2) is 21.7 Å². The number of fused-ring (bicyclic) bond motifs is 1. The average molecular weight is 373 g/mol. The Kier molecular flexibility index (Phi) is 5.00. The SMILES string of the molecule is CCn1c(=NC(=O)c2ccccc2SC)sc2ccc([N+](=O)[O-])cc21. The highest BCUT2D eigenvalue weighted by Crippen LogP contribution is 2.24. The minimum Gasteiger partial charge on any atom is -0.316 e. The Hall–Kier alpha value is -2.45. The third kappa shape index (κ3) is 3.35. The molecule has 0 aliphatic rings. The molecule has 1 heterocycles. The lowest BCUT2D eigenvalue weighted by atomic mass is 10.2. The van der Waals surface area contributed by atoms with Gasteiger partial charge in [0.1, 0.15) is 0 Å². The van der Waals surface area contributed by atoms with E-state index in [1.54, 1.807) is 12.1 Å². The number of benzene rings is 2. The Bertz CT molecular complexity index is 1040. The number of amides is 1. The summed E-state index contributed by atoms with van der Waals surface area (Å²) in [5, 5.41) is 11.0. The van der Waals surface area contributed by atoms with Crippen LogP contribution in [0.25, 0.3) is 10.2 Å². The number of aromatic nitrogens is 1. The third-order valence-corrected chi connectivity index (χ3v) is 5.58. The lowest BCUT2D eigenvalue weighted by molar-refractivity contribution is -0.384. The molecule has 0 unspecified atom stereocenters. The predicted molar refractivity (Wildman–Crippen MR) is 100 cm³/mol. The van der Waals surface area contributed by atoms with E-state index in [9.17, 15) is 14.9 Å². The summed E-state index contributed by atoms with van der Waals surface area (Å²) in [7, 11) is 0. The zero-order chi connectivity index (χ0) is 18.0. The Labute approximate surface area is 152 Å². The number of carbonyl (C=O) groups excluding carboxylic acids is 1. The van der Waals surface area contributed by atoms with Crippen LogP contribution >= 0.6 is 23.1 Å². The Morgan fingerprint density at radius 1 is 1.32 bits per heavy atom. The topological polar surface area (TPSA) is 77.5 Å². The zero-order valence-corrected chi connectivity index (χ0v) is 15.3. The van der Waals surface area contributed by atoms with Gasteiger partial charge in [-0.25, -0.2) is 0 Å². The Morgan fingerprint density at radius 3 is 2.76 bits per heavy atom. The van der Waals surface area contributed by atoms with E-state index >= 15 is 0 Å². The van der Waals surface area contributed by atoms with E-state index in [0.29, 0.717) is 22.4 Å². The van der Waals surface area contributed by atoms with Gasteiger partial charge in [0.05, 0.1) is 20.7 Å². The van der Waals surface area contributed by atoms with Gasteiger partial charge in [-0.15, -0.1) is 11.8 Å². The van der Waals surface area contributed by atoms with Gasteiger partial charge in [0.15, 0.2) is 4.80 Å². The highest BCUT2D eigenvalue weighted by atomic mass is 32.2. The van der Waals surface area contributed by atoms with Crippen LogP contribution < -0.4 is 4.80 Å². The van der Waals surface area contributed by atoms with E-state index in [1.807, 2.05) is 35.9 Å². The van der Waals surface area contributed by atoms with Gasteiger partial charge in [0, 0.05) is 23.6 Å². The van der Waals surface area contributed by atoms with E-state index in [1.165, 1.54) is 35.2 Å². The van der Waals surface area contributed by atoms with Crippen LogP contribution in [0.1, 0.15) is 17.3 Å². The summed E-state index contributed by atoms with van der Waals surface area (Å²) in [5.41, 5.74) is 1.30. The molecule has 0 saturated heterocycles. The number of thiazole rings is 1. The maximum atomic E-state index is 12.6. The summed E-state index contributed by atoms with van der Waals surface area (Å²) >= 11 is 2.85. The van der Waals surface area contributed by atoms with Gasteiger partial charge in [-0.1, -0.05) is 23.5 Å². The van der Waals surface area contributed by atoms with Crippen molar-refractivity contribution >= 4 is 44.9 Å². The number of nitro benzene ring substituents is 1. The van der Waals surface area contributed by atoms with Crippen LogP contribution in [0.4, 0.5) is 5.69 Å². The van der Waals surface area contributed by atoms with Gasteiger partial charge < -0.3 is 4.57 Å². The maximum absolute atomic E-state index is 12.6. The summed E-state index contributed by atoms with van der Waals surface area (Å²) in [6, 6.07) is 12.0. The van der Waals surface area contributed by atoms with Crippen molar-refractivity contribution in [2.24, 2.45) is 4.99 Å². The van der Waals surface area contributed by atoms with Crippen LogP contribution in [0.2, 0.25) is 0 Å². The minimum absolute atomic E-state index is 0.0260. The first-order valence-corrected chi connectivity index (χ1v) is 9.59. The average Bonchev–Trinajstić information content (AvgIpc) is 2.97. The van der Waals surface area contributed by atoms with Crippen molar-refractivity contribution in [3.8, 4) is 0 Å². The van der Waals surface area contributed by atoms with Crippen molar-refractivity contribution in [3.63, 3.8) is 0 Å². The van der Waals surface area contributed by atoms with E-state index in [-0.39, 0.29) is 11.6 Å². The lowest BCUT2D eigenvalue weighted by Crippen LogP contribution is -2.16. The lowest BCUT2D eigenvalue weighted by Gasteiger charge is -2.03. The number of hydrogen-bond acceptors (Lipinski definition) is 5. The van der Waals surface area contributed by atoms with Crippen LogP contribution in [0.15, 0.2) is 52.4 Å². The first kappa shape index (κ1) is 17.4. The molecule has 1 amide bonds. The smallest absolute Gasteiger partial charge is 0.280 e. The van der Waals surface area contributed by atoms with Gasteiger partial charge in [-0.2, -0.15) is 4.99 Å². The fourth-order valence-corrected chi connectivity index (χ4v) is 4.19. The second-order valence-corrected chi connectivity index (χ2v) is 7.01. The number of nitrogens with zero attached hydrogens (tertiary/aromatic N) is 3. The molecule has 25 heavy (non-hydrogen) atoms. The molecule has 128 valence electrons. The standard InChI is InChI=1S/C17H15N3O3S2/c1-3-19-13-10-11(20(22)23)8-9-15(13)25-17(19)18-16(21)12-6-4-5-7-14(12)24-2/h4-10H,3H2,1-2H3. The van der Waals surface area contributed by atoms with Crippen molar-refractivity contribution in [1.82, 2.24) is 4.57 Å². The van der Waals surface area contributed by atoms with Crippen molar-refractivity contribution in [2.75, 3.05) is 6.26 Å². The monoisotopic (exact) mass is 373 g/mol. The molecular formula is C17H15N3O3S2. The fourth-order valence-electron chi connectivity index (χ4n) is 2.53. The molecule has 3 rings (SSSR count). The maximum Gasteiger partial charge on any atom is 0.280 e. The molecule has 0 bridgehead atoms. The summed E-state index contributed by atoms with van der Waals surface area (Å²) in [6.07, 6.45) is 1.91. The first-order valence-electron chi connectivity index (χ1n) is 7.55. The molecule has 3 aromatic rings. The molecule has 0 saturated carbocycles. The normalized spacial score (nSPS) is 11.8. The van der Waals surface area contributed by atoms with Gasteiger partial charge in [-0.3, -0.25) is 14.9 Å². The molecule has 0 aliphatic heterocycles. The summed E-state index contributed by atoms with van der Waals surface area (Å²) in [5.74, 6) is -0.312. The molecular weight excluding hydrogens is 358 g/mol. The van der Waals surface area contributed by atoms with Crippen LogP contribution in [0.5, 0.6) is 0 Å². The van der Waals surface area contributed by atoms with Gasteiger partial charge in [-0.05, 0) is 31.4 Å². The van der Waals surface area contributed by atoms with Crippen LogP contribution in [0.3, 0.4) is 0 Å². The number of carbonyl (C=O) groups is 1. The van der Waals surface area contributed by atoms with Crippen molar-refractivity contribution in [3.05, 3.63) is 62.9 Å². The quantitative estimate of drug-likeness (QED) is 0.392. The molecule has 0 spiro atoms. The van der Waals surface area contributed by atoms with E-state index in [0.717, 1.165) is 9.60 Å². The first-order chi connectivity index (χ1) is 12.0. The van der Waals surface area contributed by atoms with E-state index < -0.39 is 4.92 Å². The fraction of sp³-hybridized carbons (Fsp3) is 0.176. The summed E-state index contributed by atoms with van der Waals surface area (Å²) in [4.78, 5) is 28.9. The predicted octanol–water partition coefficient (Wildman–Crippen LogP) is 4.09. The minimum atomic E-state index is -0.423. The highest BCUT2D eigenvalue weighted by Gasteiger charge is 2.14. The van der Waals surface area contributed by atoms with Crippen LogP contribution in [0, 0.1) is 10.1 Å². The van der Waals surface area contributed by atoms with E-state index in [2.05, 4.69) is 4.99 Å². The Balaban J connectivity index is 2.16. The molecule has 0 radical (unpaired) electrons. The molecule has 0 N–H and O–H groups in total. The number of aryl methyl sites for hydroxylation is 1. The number of hydrogen-bond donors (Lipinski definition) is 0. The zero-order valence-electron chi connectivity index (χ0n) is 13.6. The number of nitro groups is 1. The van der Waals surface area contributed by atoms with Gasteiger partial charge in [0.25, 0.3) is 11.6 Å². The highest BCUT2D eigenvalue weighted by molar-refractivity contribution is 7.98. The largest absolute Gasteiger partial charge is 0.316 e. The van der Waals surface area contributed by atoms with E-state index in [4.69, 9.17) is 0 Å². The van der Waals surface area contributed by atoms with Crippen LogP contribution in [-0.2, 0) is 6.54 Å². The molecule has 0 atom stereocenters. The van der Waals surface area contributed by atoms with Gasteiger partial charge >= 0.3 is 0 Å². The second kappa shape index (κ2) is 7.20. The molecule has 6 nitrogen and oxygen atoms in total. The van der Waals surface area contributed by atoms with Crippen molar-refractivity contribution < 1.29 is 9.72 Å². The summed E-state index contributed by atoms with van der Waals surface area (Å²) < 4.78 is 2.68. The molecule has 2 aromatic carbocycles. The second-order valence-electron chi connectivity index (χ2n) is 5.16. The molecule has 0 fully saturated rings. The third-order valence-electron chi connectivity index (χ3n) is 3.73. The summed E-state index contributed by atoms with van der Waals surface area (Å²) in [6.45, 7) is 2.49. The number of rotatable bonds is 4. The van der Waals surface area contributed by atoms with Crippen molar-refractivity contribution in [1.29, 1.82) is 0 Å². The Morgan fingerprint density at radius 2 is 2.08 bits per heavy atom. The molecule has 8 heteroatoms. The number of thioether (sulfide) groups is 1. The molecule has 1 aromatic heterocycles. The van der Waals surface area contributed by atoms with Crippen molar-refractivity contribution in [2.45, 2.75) is 18.4 Å².